The molecule has 162 valence electrons. The molecule has 1 unspecified atom stereocenters. The van der Waals surface area contributed by atoms with E-state index in [-0.39, 0.29) is 22.2 Å². The van der Waals surface area contributed by atoms with Gasteiger partial charge in [-0.2, -0.15) is 4.37 Å². The summed E-state index contributed by atoms with van der Waals surface area (Å²) in [6, 6.07) is 6.54. The zero-order valence-corrected chi connectivity index (χ0v) is 18.8. The minimum absolute atomic E-state index is 0.0684. The summed E-state index contributed by atoms with van der Waals surface area (Å²) in [6.45, 7) is 9.53. The predicted molar refractivity (Wildman–Crippen MR) is 120 cm³/mol. The van der Waals surface area contributed by atoms with Crippen LogP contribution in [0.1, 0.15) is 66.3 Å². The number of nitrogens with zero attached hydrogens (tertiary/aromatic N) is 2. The van der Waals surface area contributed by atoms with E-state index in [9.17, 15) is 14.4 Å². The molecule has 30 heavy (non-hydrogen) atoms. The molecule has 0 bridgehead atoms. The van der Waals surface area contributed by atoms with Gasteiger partial charge in [0.05, 0.1) is 5.69 Å². The Morgan fingerprint density at radius 3 is 2.27 bits per heavy atom. The monoisotopic (exact) mass is 431 g/mol. The van der Waals surface area contributed by atoms with Crippen molar-refractivity contribution < 1.29 is 14.4 Å². The molecule has 0 aliphatic rings. The maximum atomic E-state index is 13.6. The molecule has 0 saturated heterocycles. The summed E-state index contributed by atoms with van der Waals surface area (Å²) < 4.78 is 3.93. The smallest absolute Gasteiger partial charge is 0.272 e. The summed E-state index contributed by atoms with van der Waals surface area (Å²) in [6.07, 6.45) is 1.13. The number of hydrogen-bond donors (Lipinski definition) is 3. The van der Waals surface area contributed by atoms with Crippen LogP contribution in [0.4, 0.5) is 11.4 Å². The number of carbonyl (C=O) groups is 3. The van der Waals surface area contributed by atoms with Gasteiger partial charge in [0, 0.05) is 11.2 Å². The van der Waals surface area contributed by atoms with Gasteiger partial charge in [0.15, 0.2) is 5.69 Å². The van der Waals surface area contributed by atoms with Gasteiger partial charge in [0.1, 0.15) is 10.9 Å². The number of hydrogen-bond acceptors (Lipinski definition) is 6. The van der Waals surface area contributed by atoms with Gasteiger partial charge in [-0.15, -0.1) is 0 Å². The Morgan fingerprint density at radius 1 is 1.20 bits per heavy atom. The van der Waals surface area contributed by atoms with Crippen LogP contribution in [0.3, 0.4) is 0 Å². The molecule has 8 nitrogen and oxygen atoms in total. The van der Waals surface area contributed by atoms with Crippen molar-refractivity contribution >= 4 is 40.6 Å². The van der Waals surface area contributed by atoms with Crippen LogP contribution in [0.5, 0.6) is 0 Å². The number of amides is 3. The van der Waals surface area contributed by atoms with Crippen LogP contribution in [-0.4, -0.2) is 33.7 Å². The number of primary amides is 1. The van der Waals surface area contributed by atoms with Gasteiger partial charge in [-0.25, -0.2) is 0 Å². The van der Waals surface area contributed by atoms with Crippen molar-refractivity contribution in [3.63, 3.8) is 0 Å². The number of nitrogens with one attached hydrogen (secondary N) is 1. The Morgan fingerprint density at radius 2 is 1.80 bits per heavy atom. The summed E-state index contributed by atoms with van der Waals surface area (Å²) in [7, 11) is 0. The van der Waals surface area contributed by atoms with E-state index in [2.05, 4.69) is 9.69 Å². The molecule has 0 aliphatic carbocycles. The zero-order chi connectivity index (χ0) is 22.6. The molecule has 5 N–H and O–H groups in total. The van der Waals surface area contributed by atoms with Gasteiger partial charge >= 0.3 is 0 Å². The predicted octanol–water partition coefficient (Wildman–Crippen LogP) is 2.86. The summed E-state index contributed by atoms with van der Waals surface area (Å²) in [4.78, 5) is 39.7. The zero-order valence-electron chi connectivity index (χ0n) is 18.0. The molecule has 0 saturated carbocycles. The second-order valence-electron chi connectivity index (χ2n) is 8.19. The Balaban J connectivity index is 2.58. The molecule has 1 atom stereocenters. The summed E-state index contributed by atoms with van der Waals surface area (Å²) in [5.74, 6) is -1.57. The highest BCUT2D eigenvalue weighted by atomic mass is 32.1. The number of anilines is 2. The van der Waals surface area contributed by atoms with E-state index in [0.717, 1.165) is 17.1 Å². The quantitative estimate of drug-likeness (QED) is 0.620. The average molecular weight is 432 g/mol. The van der Waals surface area contributed by atoms with E-state index >= 15 is 0 Å². The standard InChI is InChI=1S/C21H29N5O3S/c1-6-7-14(19(28)24-21(3,4)5)26(13-10-8-12(2)9-11-13)20(29)17-15(22)16(18(23)27)25-30-17/h8-11,14H,6-7,22H2,1-5H3,(H2,23,27)(H,24,28). The van der Waals surface area contributed by atoms with Crippen LogP contribution >= 0.6 is 11.5 Å². The second kappa shape index (κ2) is 9.25. The molecule has 0 radical (unpaired) electrons. The molecule has 2 rings (SSSR count). The fourth-order valence-electron chi connectivity index (χ4n) is 2.99. The van der Waals surface area contributed by atoms with Crippen molar-refractivity contribution in [1.82, 2.24) is 9.69 Å². The molecular formula is C21H29N5O3S. The fraction of sp³-hybridized carbons (Fsp3) is 0.429. The van der Waals surface area contributed by atoms with Crippen molar-refractivity contribution in [3.05, 3.63) is 40.4 Å². The van der Waals surface area contributed by atoms with Gasteiger partial charge < -0.3 is 16.8 Å². The lowest BCUT2D eigenvalue weighted by molar-refractivity contribution is -0.123. The summed E-state index contributed by atoms with van der Waals surface area (Å²) in [5, 5.41) is 2.96. The van der Waals surface area contributed by atoms with Crippen LogP contribution < -0.4 is 21.7 Å². The van der Waals surface area contributed by atoms with E-state index in [4.69, 9.17) is 11.5 Å². The van der Waals surface area contributed by atoms with Crippen LogP contribution in [0.15, 0.2) is 24.3 Å². The first-order valence-electron chi connectivity index (χ1n) is 9.73. The van der Waals surface area contributed by atoms with E-state index < -0.39 is 23.4 Å². The summed E-state index contributed by atoms with van der Waals surface area (Å²) >= 11 is 0.800. The second-order valence-corrected chi connectivity index (χ2v) is 8.97. The molecule has 0 spiro atoms. The number of nitrogen functional groups attached to an aromatic ring is 1. The molecular weight excluding hydrogens is 402 g/mol. The topological polar surface area (TPSA) is 131 Å². The van der Waals surface area contributed by atoms with Gasteiger partial charge in [-0.05, 0) is 57.8 Å². The van der Waals surface area contributed by atoms with Crippen molar-refractivity contribution in [2.24, 2.45) is 5.73 Å². The van der Waals surface area contributed by atoms with Crippen LogP contribution in [0.2, 0.25) is 0 Å². The Hall–Kier alpha value is -2.94. The van der Waals surface area contributed by atoms with Gasteiger partial charge in [0.2, 0.25) is 5.91 Å². The highest BCUT2D eigenvalue weighted by molar-refractivity contribution is 7.09. The largest absolute Gasteiger partial charge is 0.395 e. The first kappa shape index (κ1) is 23.3. The molecule has 0 aliphatic heterocycles. The van der Waals surface area contributed by atoms with Gasteiger partial charge in [-0.3, -0.25) is 19.3 Å². The van der Waals surface area contributed by atoms with Crippen LogP contribution in [0, 0.1) is 6.92 Å². The average Bonchev–Trinajstić information content (AvgIpc) is 3.02. The normalized spacial score (nSPS) is 12.3. The summed E-state index contributed by atoms with van der Waals surface area (Å²) in [5.41, 5.74) is 12.2. The van der Waals surface area contributed by atoms with E-state index in [1.165, 1.54) is 4.90 Å². The molecule has 1 aromatic heterocycles. The first-order chi connectivity index (χ1) is 14.0. The number of aryl methyl sites for hydroxylation is 1. The lowest BCUT2D eigenvalue weighted by Crippen LogP contribution is -2.54. The number of benzene rings is 1. The number of aromatic nitrogens is 1. The lowest BCUT2D eigenvalue weighted by Gasteiger charge is -2.33. The third-order valence-corrected chi connectivity index (χ3v) is 5.21. The van der Waals surface area contributed by atoms with E-state index in [1.807, 2.05) is 46.8 Å². The molecule has 2 aromatic rings. The van der Waals surface area contributed by atoms with Gasteiger partial charge in [-0.1, -0.05) is 31.0 Å². The highest BCUT2D eigenvalue weighted by Gasteiger charge is 2.35. The Kier molecular flexibility index (Phi) is 7.20. The molecule has 9 heteroatoms. The molecule has 3 amide bonds. The first-order valence-corrected chi connectivity index (χ1v) is 10.5. The number of nitrogens with two attached hydrogens (primary N) is 2. The van der Waals surface area contributed by atoms with Crippen LogP contribution in [0.25, 0.3) is 0 Å². The van der Waals surface area contributed by atoms with Crippen molar-refractivity contribution in [1.29, 1.82) is 0 Å². The number of carbonyl (C=O) groups excluding carboxylic acids is 3. The lowest BCUT2D eigenvalue weighted by atomic mass is 10.0. The SMILES string of the molecule is CCCC(C(=O)NC(C)(C)C)N(C(=O)c1snc(C(N)=O)c1N)c1ccc(C)cc1. The van der Waals surface area contributed by atoms with E-state index in [0.29, 0.717) is 18.5 Å². The third-order valence-electron chi connectivity index (χ3n) is 4.36. The highest BCUT2D eigenvalue weighted by Crippen LogP contribution is 2.29. The molecule has 0 fully saturated rings. The Bertz CT molecular complexity index is 931. The van der Waals surface area contributed by atoms with Crippen molar-refractivity contribution in [2.45, 2.75) is 59.0 Å². The molecule has 1 heterocycles. The maximum Gasteiger partial charge on any atom is 0.272 e. The van der Waals surface area contributed by atoms with Crippen LogP contribution in [-0.2, 0) is 4.79 Å². The molecule has 1 aromatic carbocycles. The minimum Gasteiger partial charge on any atom is -0.395 e. The van der Waals surface area contributed by atoms with Crippen molar-refractivity contribution in [2.75, 3.05) is 10.6 Å². The fourth-order valence-corrected chi connectivity index (χ4v) is 3.73. The minimum atomic E-state index is -0.805. The Labute approximate surface area is 180 Å². The number of rotatable bonds is 7. The third kappa shape index (κ3) is 5.35. The van der Waals surface area contributed by atoms with Gasteiger partial charge in [0.25, 0.3) is 11.8 Å². The van der Waals surface area contributed by atoms with E-state index in [1.54, 1.807) is 12.1 Å². The van der Waals surface area contributed by atoms with Crippen molar-refractivity contribution in [3.8, 4) is 0 Å². The maximum absolute atomic E-state index is 13.6.